The van der Waals surface area contributed by atoms with Crippen molar-refractivity contribution in [1.29, 1.82) is 31.6 Å². The van der Waals surface area contributed by atoms with Gasteiger partial charge in [-0.1, -0.05) is 0 Å². The Kier molecular flexibility index (Phi) is 10700. The van der Waals surface area contributed by atoms with Gasteiger partial charge in [0.15, 0.2) is 0 Å². The molecule has 0 spiro atoms. The molecule has 0 saturated heterocycles. The van der Waals surface area contributed by atoms with Crippen LogP contribution >= 0.6 is 0 Å². The van der Waals surface area contributed by atoms with E-state index in [-0.39, 0.29) is 135 Å². The molecule has 0 N–H and O–H groups in total. The fourth-order valence-electron chi connectivity index (χ4n) is 0. The summed E-state index contributed by atoms with van der Waals surface area (Å²) < 4.78 is 0. The van der Waals surface area contributed by atoms with Gasteiger partial charge in [-0.25, -0.2) is 0 Å². The predicted molar refractivity (Wildman–Crippen MR) is 39.0 cm³/mol. The minimum absolute atomic E-state index is 0. The summed E-state index contributed by atoms with van der Waals surface area (Å²) in [6.07, 6.45) is 0. The van der Waals surface area contributed by atoms with E-state index in [0.29, 0.717) is 0 Å². The molecule has 0 rings (SSSR count). The van der Waals surface area contributed by atoms with Crippen molar-refractivity contribution >= 4 is 0 Å². The van der Waals surface area contributed by atoms with Gasteiger partial charge in [-0.05, 0) is 0 Å². The second-order valence-electron chi connectivity index (χ2n) is 0.0745. The number of nitrogens with zero attached hydrogens (tertiary/aromatic N) is 7. The van der Waals surface area contributed by atoms with Crippen LogP contribution in [0.3, 0.4) is 0 Å². The molecule has 20 heavy (non-hydrogen) atoms. The summed E-state index contributed by atoms with van der Waals surface area (Å²) in [5.41, 5.74) is 0. The predicted octanol–water partition coefficient (Wildman–Crippen LogP) is -11.2. The summed E-state index contributed by atoms with van der Waals surface area (Å²) >= 11 is 0. The molecule has 0 saturated carbocycles. The molecule has 0 bridgehead atoms. The van der Waals surface area contributed by atoms with E-state index in [9.17, 15) is 0 Å². The molecule has 0 fully saturated rings. The van der Waals surface area contributed by atoms with Gasteiger partial charge in [0.05, 0.1) is 0 Å². The normalized spacial score (nSPS) is 1.20. The van der Waals surface area contributed by atoms with Crippen LogP contribution in [0.1, 0.15) is 0 Å². The van der Waals surface area contributed by atoms with Crippen molar-refractivity contribution in [3.05, 3.63) is 49.5 Å². The third-order valence-electron chi connectivity index (χ3n) is 0. The van der Waals surface area contributed by atoms with Crippen LogP contribution in [0, 0.1) is 81.1 Å². The molecule has 0 aliphatic rings. The van der Waals surface area contributed by atoms with E-state index in [0.717, 1.165) is 5.34 Å². The van der Waals surface area contributed by atoms with Crippen molar-refractivity contribution in [2.75, 3.05) is 0 Å². The van der Waals surface area contributed by atoms with E-state index >= 15 is 0 Å². The summed E-state index contributed by atoms with van der Waals surface area (Å²) in [7, 11) is 0. The maximum absolute atomic E-state index is 8.00. The molecule has 0 amide bonds. The molecular formula is C6FeN7Na4O2-. The minimum Gasteiger partial charge on any atom is -0.512 e. The summed E-state index contributed by atoms with van der Waals surface area (Å²) in [4.78, 5) is 8.00. The van der Waals surface area contributed by atoms with Gasteiger partial charge in [0, 0.05) is 0 Å². The van der Waals surface area contributed by atoms with Crippen LogP contribution in [0.4, 0.5) is 0 Å². The molecular weight excluding hydrogens is 350 g/mol. The zero-order valence-electron chi connectivity index (χ0n) is 11.3. The van der Waals surface area contributed by atoms with Crippen LogP contribution in [-0.4, -0.2) is 0 Å². The maximum Gasteiger partial charge on any atom is 2.00 e. The molecule has 0 atom stereocenters. The molecule has 0 aliphatic carbocycles. The number of hydrogen-bond acceptors (Lipinski definition) is 9. The first-order valence-electron chi connectivity index (χ1n) is 1.71. The molecule has 0 aromatic rings. The summed E-state index contributed by atoms with van der Waals surface area (Å²) in [5, 5.41) is 46.5. The topological polar surface area (TPSA) is 195 Å². The van der Waals surface area contributed by atoms with Gasteiger partial charge >= 0.3 is 135 Å². The van der Waals surface area contributed by atoms with Crippen molar-refractivity contribution in [3.8, 4) is 0 Å². The van der Waals surface area contributed by atoms with Crippen LogP contribution in [0.25, 0.3) is 0 Å². The SMILES string of the molecule is O=N[O-].[C-]#N.[C-]#N.[C-]#N.[C-]#N.[C-]#N.[C-]#N.[Fe+2].[Na+].[Na+].[Na+].[Na+]. The van der Waals surface area contributed by atoms with Crippen molar-refractivity contribution < 1.29 is 135 Å². The second-order valence-corrected chi connectivity index (χ2v) is 0.0745. The summed E-state index contributed by atoms with van der Waals surface area (Å²) in [6.45, 7) is 28.5. The van der Waals surface area contributed by atoms with Gasteiger partial charge in [0.25, 0.3) is 0 Å². The average molecular weight is 350 g/mol. The van der Waals surface area contributed by atoms with Gasteiger partial charge in [-0.2, -0.15) is 0 Å². The Labute approximate surface area is 218 Å². The Bertz CT molecular complexity index is 149. The maximum atomic E-state index is 8.00. The third kappa shape index (κ3) is 8140. The summed E-state index contributed by atoms with van der Waals surface area (Å²) in [6, 6.07) is 0. The fourth-order valence-corrected chi connectivity index (χ4v) is 0. The van der Waals surface area contributed by atoms with Gasteiger partial charge < -0.3 is 81.1 Å². The standard InChI is InChI=1S/6CN.Fe.HNO2.4Na/c6*1-2;;2-1-3;;;;/h;;;;;;;(H,2,3);;;;/q6*-1;+2;;4*+1/p-1. The van der Waals surface area contributed by atoms with Crippen LogP contribution in [0.5, 0.6) is 0 Å². The van der Waals surface area contributed by atoms with E-state index in [1.165, 1.54) is 0 Å². The number of rotatable bonds is 0. The first kappa shape index (κ1) is 105. The fraction of sp³-hybridized carbons (Fsp3) is 0. The Morgan fingerprint density at radius 3 is 0.550 bits per heavy atom. The Balaban J connectivity index is -0.00000000361. The van der Waals surface area contributed by atoms with Crippen molar-refractivity contribution in [2.45, 2.75) is 0 Å². The monoisotopic (exact) mass is 350 g/mol. The van der Waals surface area contributed by atoms with E-state index in [4.69, 9.17) is 81.1 Å². The summed E-state index contributed by atoms with van der Waals surface area (Å²) in [5.74, 6) is 0. The van der Waals surface area contributed by atoms with E-state index in [1.807, 2.05) is 0 Å². The van der Waals surface area contributed by atoms with Crippen molar-refractivity contribution in [2.24, 2.45) is 5.34 Å². The molecule has 9 nitrogen and oxygen atoms in total. The van der Waals surface area contributed by atoms with Gasteiger partial charge in [0.2, 0.25) is 0 Å². The van der Waals surface area contributed by atoms with Crippen LogP contribution < -0.4 is 118 Å². The third-order valence-corrected chi connectivity index (χ3v) is 0. The van der Waals surface area contributed by atoms with Gasteiger partial charge in [-0.3, -0.25) is 0 Å². The van der Waals surface area contributed by atoms with Gasteiger partial charge in [0.1, 0.15) is 0 Å². The molecule has 0 aromatic carbocycles. The molecule has 0 aromatic heterocycles. The smallest absolute Gasteiger partial charge is 0.512 e. The molecule has 0 heterocycles. The molecule has 0 radical (unpaired) electrons. The average Bonchev–Trinajstić information content (AvgIpc) is 2.44. The van der Waals surface area contributed by atoms with Gasteiger partial charge in [-0.15, -0.1) is 5.34 Å². The molecule has 14 heteroatoms. The largest absolute Gasteiger partial charge is 2.00 e. The Morgan fingerprint density at radius 1 is 0.550 bits per heavy atom. The number of hydrogen-bond donors (Lipinski definition) is 0. The van der Waals surface area contributed by atoms with E-state index in [1.54, 1.807) is 0 Å². The zero-order chi connectivity index (χ0) is 14.7. The molecule has 0 unspecified atom stereocenters. The van der Waals surface area contributed by atoms with Crippen LogP contribution in [-0.2, 0) is 17.1 Å². The van der Waals surface area contributed by atoms with Crippen LogP contribution in [0.2, 0.25) is 0 Å². The molecule has 84 valence electrons. The molecule has 0 aliphatic heterocycles. The first-order chi connectivity index (χ1) is 7.41. The van der Waals surface area contributed by atoms with E-state index < -0.39 is 0 Å². The Hall–Kier alpha value is 0.859. The minimum atomic E-state index is 0. The first-order valence-corrected chi connectivity index (χ1v) is 1.71. The Morgan fingerprint density at radius 2 is 0.550 bits per heavy atom. The zero-order valence-corrected chi connectivity index (χ0v) is 20.4. The quantitative estimate of drug-likeness (QED) is 0.178. The van der Waals surface area contributed by atoms with E-state index in [2.05, 4.69) is 0 Å². The van der Waals surface area contributed by atoms with Crippen molar-refractivity contribution in [3.63, 3.8) is 0 Å². The second kappa shape index (κ2) is 2040. The van der Waals surface area contributed by atoms with Crippen LogP contribution in [0.15, 0.2) is 5.34 Å². The van der Waals surface area contributed by atoms with Crippen molar-refractivity contribution in [1.82, 2.24) is 0 Å².